The number of hydrogen-bond acceptors (Lipinski definition) is 6. The Balaban J connectivity index is 2.78. The van der Waals surface area contributed by atoms with Gasteiger partial charge in [0.1, 0.15) is 5.52 Å². The number of hydrogen-bond donors (Lipinski definition) is 4. The van der Waals surface area contributed by atoms with Gasteiger partial charge in [0.2, 0.25) is 11.7 Å². The molecule has 0 atom stereocenters. The number of phenols is 3. The number of nitrogens with zero attached hydrogens (tertiary/aromatic N) is 2. The molecule has 7 nitrogen and oxygen atoms in total. The van der Waals surface area contributed by atoms with Gasteiger partial charge in [-0.3, -0.25) is 9.78 Å². The van der Waals surface area contributed by atoms with E-state index in [1.165, 1.54) is 0 Å². The summed E-state index contributed by atoms with van der Waals surface area (Å²) >= 11 is 0. The molecule has 2 rings (SSSR count). The number of phenolic OH excluding ortho intramolecular Hbond substituents is 3. The van der Waals surface area contributed by atoms with Gasteiger partial charge >= 0.3 is 0 Å². The molecule has 0 saturated heterocycles. The number of benzene rings is 1. The van der Waals surface area contributed by atoms with Gasteiger partial charge in [0.05, 0.1) is 5.39 Å². The second-order valence-corrected chi connectivity index (χ2v) is 5.47. The van der Waals surface area contributed by atoms with E-state index in [4.69, 9.17) is 0 Å². The molecule has 0 aliphatic carbocycles. The van der Waals surface area contributed by atoms with Gasteiger partial charge in [0.25, 0.3) is 5.56 Å². The SMILES string of the molecule is CC(C)N(c1nc2c(O)c(O)c(O)cc2c(=O)[nH]1)C(C)C. The van der Waals surface area contributed by atoms with Crippen molar-refractivity contribution in [2.24, 2.45) is 0 Å². The molecule has 7 heteroatoms. The van der Waals surface area contributed by atoms with Gasteiger partial charge in [-0.1, -0.05) is 0 Å². The summed E-state index contributed by atoms with van der Waals surface area (Å²) in [6, 6.07) is 1.24. The Hall–Kier alpha value is -2.44. The average molecular weight is 293 g/mol. The molecule has 0 radical (unpaired) electrons. The summed E-state index contributed by atoms with van der Waals surface area (Å²) in [6.45, 7) is 7.83. The zero-order valence-electron chi connectivity index (χ0n) is 12.4. The van der Waals surface area contributed by atoms with Gasteiger partial charge < -0.3 is 20.2 Å². The number of aromatic hydroxyl groups is 3. The van der Waals surface area contributed by atoms with Crippen LogP contribution in [0.4, 0.5) is 5.95 Å². The van der Waals surface area contributed by atoms with Crippen LogP contribution in [0.15, 0.2) is 10.9 Å². The zero-order chi connectivity index (χ0) is 15.9. The van der Waals surface area contributed by atoms with Crippen LogP contribution >= 0.6 is 0 Å². The minimum absolute atomic E-state index is 0.0130. The van der Waals surface area contributed by atoms with Gasteiger partial charge in [0.15, 0.2) is 11.5 Å². The van der Waals surface area contributed by atoms with Crippen LogP contribution in [0, 0.1) is 0 Å². The van der Waals surface area contributed by atoms with E-state index in [0.717, 1.165) is 6.07 Å². The maximum atomic E-state index is 12.1. The number of anilines is 1. The summed E-state index contributed by atoms with van der Waals surface area (Å²) in [5, 5.41) is 29.0. The van der Waals surface area contributed by atoms with Crippen molar-refractivity contribution in [3.63, 3.8) is 0 Å². The number of rotatable bonds is 3. The fourth-order valence-corrected chi connectivity index (χ4v) is 2.43. The van der Waals surface area contributed by atoms with Crippen molar-refractivity contribution in [3.8, 4) is 17.2 Å². The van der Waals surface area contributed by atoms with Crippen LogP contribution in [0.25, 0.3) is 10.9 Å². The molecule has 0 spiro atoms. The van der Waals surface area contributed by atoms with E-state index in [0.29, 0.717) is 5.95 Å². The first-order chi connectivity index (χ1) is 9.73. The van der Waals surface area contributed by atoms with Gasteiger partial charge in [-0.25, -0.2) is 4.98 Å². The first-order valence-electron chi connectivity index (χ1n) is 6.70. The highest BCUT2D eigenvalue weighted by molar-refractivity contribution is 5.89. The Labute approximate surface area is 121 Å². The van der Waals surface area contributed by atoms with Crippen LogP contribution in [-0.2, 0) is 0 Å². The van der Waals surface area contributed by atoms with Crippen LogP contribution < -0.4 is 10.5 Å². The third-order valence-electron chi connectivity index (χ3n) is 3.27. The molecule has 0 unspecified atom stereocenters. The standard InChI is InChI=1S/C14H19N3O4/c1-6(2)17(7(3)4)14-15-10-8(13(21)16-14)5-9(18)11(19)12(10)20/h5-7,18-20H,1-4H3,(H,15,16,21). The third kappa shape index (κ3) is 2.46. The molecule has 0 aliphatic rings. The highest BCUT2D eigenvalue weighted by atomic mass is 16.3. The Kier molecular flexibility index (Phi) is 3.67. The topological polar surface area (TPSA) is 110 Å². The van der Waals surface area contributed by atoms with Gasteiger partial charge in [-0.15, -0.1) is 0 Å². The normalized spacial score (nSPS) is 11.5. The lowest BCUT2D eigenvalue weighted by atomic mass is 10.2. The summed E-state index contributed by atoms with van der Waals surface area (Å²) in [7, 11) is 0. The van der Waals surface area contributed by atoms with E-state index in [1.54, 1.807) is 0 Å². The van der Waals surface area contributed by atoms with Crippen molar-refractivity contribution < 1.29 is 15.3 Å². The maximum absolute atomic E-state index is 12.1. The number of nitrogens with one attached hydrogen (secondary N) is 1. The molecule has 1 heterocycles. The molecule has 0 aliphatic heterocycles. The Morgan fingerprint density at radius 3 is 2.19 bits per heavy atom. The number of aromatic amines is 1. The fourth-order valence-electron chi connectivity index (χ4n) is 2.43. The van der Waals surface area contributed by atoms with Crippen LogP contribution in [0.3, 0.4) is 0 Å². The first-order valence-corrected chi connectivity index (χ1v) is 6.70. The predicted molar refractivity (Wildman–Crippen MR) is 80.1 cm³/mol. The molecule has 0 amide bonds. The molecular weight excluding hydrogens is 274 g/mol. The number of H-pyrrole nitrogens is 1. The van der Waals surface area contributed by atoms with Crippen LogP contribution in [-0.4, -0.2) is 37.4 Å². The zero-order valence-corrected chi connectivity index (χ0v) is 12.4. The quantitative estimate of drug-likeness (QED) is 0.641. The van der Waals surface area contributed by atoms with Gasteiger partial charge in [0, 0.05) is 12.1 Å². The summed E-state index contributed by atoms with van der Waals surface area (Å²) in [5.74, 6) is -1.56. The Morgan fingerprint density at radius 1 is 1.10 bits per heavy atom. The molecule has 0 fully saturated rings. The summed E-state index contributed by atoms with van der Waals surface area (Å²) in [5.41, 5.74) is -0.540. The molecule has 4 N–H and O–H groups in total. The van der Waals surface area contributed by atoms with Gasteiger partial charge in [-0.2, -0.15) is 0 Å². The predicted octanol–water partition coefficient (Wildman–Crippen LogP) is 1.66. The summed E-state index contributed by atoms with van der Waals surface area (Å²) in [6.07, 6.45) is 0. The van der Waals surface area contributed by atoms with E-state index in [-0.39, 0.29) is 23.0 Å². The van der Waals surface area contributed by atoms with Crippen molar-refractivity contribution in [1.29, 1.82) is 0 Å². The third-order valence-corrected chi connectivity index (χ3v) is 3.27. The van der Waals surface area contributed by atoms with Crippen LogP contribution in [0.2, 0.25) is 0 Å². The largest absolute Gasteiger partial charge is 0.504 e. The minimum Gasteiger partial charge on any atom is -0.504 e. The van der Waals surface area contributed by atoms with E-state index < -0.39 is 22.8 Å². The van der Waals surface area contributed by atoms with Crippen molar-refractivity contribution in [1.82, 2.24) is 9.97 Å². The molecule has 0 saturated carbocycles. The average Bonchev–Trinajstić information content (AvgIpc) is 2.37. The summed E-state index contributed by atoms with van der Waals surface area (Å²) < 4.78 is 0. The van der Waals surface area contributed by atoms with Crippen molar-refractivity contribution in [2.45, 2.75) is 39.8 Å². The lowest BCUT2D eigenvalue weighted by Crippen LogP contribution is -2.39. The highest BCUT2D eigenvalue weighted by Gasteiger charge is 2.21. The Morgan fingerprint density at radius 2 is 1.67 bits per heavy atom. The summed E-state index contributed by atoms with van der Waals surface area (Å²) in [4.78, 5) is 20.9. The molecule has 21 heavy (non-hydrogen) atoms. The molecule has 114 valence electrons. The molecule has 2 aromatic rings. The second-order valence-electron chi connectivity index (χ2n) is 5.47. The number of fused-ring (bicyclic) bond motifs is 1. The van der Waals surface area contributed by atoms with Crippen molar-refractivity contribution in [2.75, 3.05) is 4.90 Å². The molecule has 1 aromatic heterocycles. The van der Waals surface area contributed by atoms with Crippen molar-refractivity contribution in [3.05, 3.63) is 16.4 Å². The van der Waals surface area contributed by atoms with Gasteiger partial charge in [-0.05, 0) is 33.8 Å². The smallest absolute Gasteiger partial charge is 0.260 e. The van der Waals surface area contributed by atoms with E-state index in [9.17, 15) is 20.1 Å². The molecule has 0 bridgehead atoms. The Bertz CT molecular complexity index is 729. The van der Waals surface area contributed by atoms with Crippen LogP contribution in [0.1, 0.15) is 27.7 Å². The second kappa shape index (κ2) is 5.16. The maximum Gasteiger partial charge on any atom is 0.260 e. The van der Waals surface area contributed by atoms with E-state index in [1.807, 2.05) is 32.6 Å². The number of aromatic nitrogens is 2. The lowest BCUT2D eigenvalue weighted by molar-refractivity contribution is 0.370. The van der Waals surface area contributed by atoms with Crippen molar-refractivity contribution >= 4 is 16.9 Å². The lowest BCUT2D eigenvalue weighted by Gasteiger charge is -2.31. The molecule has 1 aromatic carbocycles. The monoisotopic (exact) mass is 293 g/mol. The van der Waals surface area contributed by atoms with E-state index in [2.05, 4.69) is 9.97 Å². The minimum atomic E-state index is -0.688. The highest BCUT2D eigenvalue weighted by Crippen LogP contribution is 2.39. The first kappa shape index (κ1) is 15.0. The van der Waals surface area contributed by atoms with Crippen LogP contribution in [0.5, 0.6) is 17.2 Å². The van der Waals surface area contributed by atoms with E-state index >= 15 is 0 Å². The molecular formula is C14H19N3O4. The fraction of sp³-hybridized carbons (Fsp3) is 0.429.